The summed E-state index contributed by atoms with van der Waals surface area (Å²) >= 11 is 0. The van der Waals surface area contributed by atoms with Crippen LogP contribution in [0.3, 0.4) is 0 Å². The van der Waals surface area contributed by atoms with Crippen molar-refractivity contribution in [1.29, 1.82) is 0 Å². The van der Waals surface area contributed by atoms with E-state index in [9.17, 15) is 13.2 Å². The fraction of sp³-hybridized carbons (Fsp3) is 0.778. The first-order valence-electron chi connectivity index (χ1n) is 4.13. The molecule has 0 spiro atoms. The highest BCUT2D eigenvalue weighted by Crippen LogP contribution is 2.12. The Hall–Kier alpha value is -0.650. The van der Waals surface area contributed by atoms with Gasteiger partial charge in [-0.25, -0.2) is 0 Å². The van der Waals surface area contributed by atoms with Crippen LogP contribution in [-0.2, 0) is 0 Å². The molecule has 0 aliphatic heterocycles. The van der Waals surface area contributed by atoms with Crippen LogP contribution in [0.4, 0.5) is 13.2 Å². The third kappa shape index (κ3) is 9.35. The summed E-state index contributed by atoms with van der Waals surface area (Å²) in [6, 6.07) is 0. The molecule has 12 heavy (non-hydrogen) atoms. The Bertz CT molecular complexity index is 159. The van der Waals surface area contributed by atoms with Crippen LogP contribution < -0.4 is 0 Å². The van der Waals surface area contributed by atoms with Crippen molar-refractivity contribution in [3.63, 3.8) is 0 Å². The van der Waals surface area contributed by atoms with Crippen molar-refractivity contribution in [1.82, 2.24) is 0 Å². The fourth-order valence-electron chi connectivity index (χ4n) is 0.803. The van der Waals surface area contributed by atoms with E-state index in [2.05, 4.69) is 12.8 Å². The third-order valence-corrected chi connectivity index (χ3v) is 1.39. The maximum Gasteiger partial charge on any atom is 0.457 e. The molecule has 0 aromatic heterocycles. The molecule has 70 valence electrons. The molecule has 0 aliphatic rings. The van der Waals surface area contributed by atoms with E-state index in [0.717, 1.165) is 25.7 Å². The van der Waals surface area contributed by atoms with Gasteiger partial charge in [-0.3, -0.25) is 0 Å². The van der Waals surface area contributed by atoms with Crippen LogP contribution in [-0.4, -0.2) is 6.18 Å². The smallest absolute Gasteiger partial charge is 0.159 e. The standard InChI is InChI=1S/C9H13F3/c1-2-3-4-5-6-7-8-9(10,11)12/h2-6H2,1H3. The number of halogens is 3. The molecule has 0 amide bonds. The Kier molecular flexibility index (Phi) is 5.61. The van der Waals surface area contributed by atoms with Crippen molar-refractivity contribution in [3.05, 3.63) is 0 Å². The van der Waals surface area contributed by atoms with Gasteiger partial charge in [0.2, 0.25) is 0 Å². The van der Waals surface area contributed by atoms with Gasteiger partial charge in [0.1, 0.15) is 0 Å². The third-order valence-electron chi connectivity index (χ3n) is 1.39. The van der Waals surface area contributed by atoms with Crippen molar-refractivity contribution in [2.45, 2.75) is 45.2 Å². The molecule has 0 fully saturated rings. The quantitative estimate of drug-likeness (QED) is 0.456. The summed E-state index contributed by atoms with van der Waals surface area (Å²) in [5.41, 5.74) is 0. The second-order valence-corrected chi connectivity index (χ2v) is 2.61. The van der Waals surface area contributed by atoms with E-state index in [1.54, 1.807) is 0 Å². The van der Waals surface area contributed by atoms with Crippen LogP contribution in [0.1, 0.15) is 39.0 Å². The van der Waals surface area contributed by atoms with Gasteiger partial charge in [0.15, 0.2) is 0 Å². The first-order chi connectivity index (χ1) is 5.56. The number of unbranched alkanes of at least 4 members (excludes halogenated alkanes) is 4. The lowest BCUT2D eigenvalue weighted by atomic mass is 10.2. The molecule has 0 atom stereocenters. The SMILES string of the molecule is CCCCCCC#CC(F)(F)F. The Morgan fingerprint density at radius 1 is 1.08 bits per heavy atom. The van der Waals surface area contributed by atoms with E-state index in [0.29, 0.717) is 6.42 Å². The van der Waals surface area contributed by atoms with Crippen molar-refractivity contribution in [3.8, 4) is 11.8 Å². The minimum absolute atomic E-state index is 0.361. The lowest BCUT2D eigenvalue weighted by Crippen LogP contribution is -2.01. The summed E-state index contributed by atoms with van der Waals surface area (Å²) in [5.74, 6) is 3.36. The lowest BCUT2D eigenvalue weighted by Gasteiger charge is -1.93. The second kappa shape index (κ2) is 5.93. The van der Waals surface area contributed by atoms with Gasteiger partial charge in [0, 0.05) is 12.3 Å². The maximum absolute atomic E-state index is 11.5. The first-order valence-corrected chi connectivity index (χ1v) is 4.13. The summed E-state index contributed by atoms with van der Waals surface area (Å²) in [7, 11) is 0. The minimum Gasteiger partial charge on any atom is -0.159 e. The van der Waals surface area contributed by atoms with Crippen LogP contribution in [0.25, 0.3) is 0 Å². The van der Waals surface area contributed by atoms with E-state index in [4.69, 9.17) is 0 Å². The van der Waals surface area contributed by atoms with Gasteiger partial charge in [-0.15, -0.1) is 0 Å². The second-order valence-electron chi connectivity index (χ2n) is 2.61. The predicted molar refractivity (Wildman–Crippen MR) is 42.6 cm³/mol. The predicted octanol–water partition coefficient (Wildman–Crippen LogP) is 3.52. The molecule has 0 aromatic carbocycles. The molecule has 0 nitrogen and oxygen atoms in total. The Morgan fingerprint density at radius 2 is 1.75 bits per heavy atom. The van der Waals surface area contributed by atoms with Crippen molar-refractivity contribution in [2.75, 3.05) is 0 Å². The topological polar surface area (TPSA) is 0 Å². The molecule has 0 rings (SSSR count). The molecule has 0 heterocycles. The molecule has 0 aromatic rings. The van der Waals surface area contributed by atoms with Gasteiger partial charge in [-0.2, -0.15) is 13.2 Å². The fourth-order valence-corrected chi connectivity index (χ4v) is 0.803. The normalized spacial score (nSPS) is 10.7. The zero-order chi connectivity index (χ0) is 9.45. The van der Waals surface area contributed by atoms with Crippen molar-refractivity contribution >= 4 is 0 Å². The number of rotatable bonds is 4. The molecule has 0 saturated carbocycles. The highest BCUT2D eigenvalue weighted by atomic mass is 19.4. The van der Waals surface area contributed by atoms with Gasteiger partial charge in [0.05, 0.1) is 0 Å². The summed E-state index contributed by atoms with van der Waals surface area (Å²) in [6.45, 7) is 2.06. The Labute approximate surface area is 71.2 Å². The van der Waals surface area contributed by atoms with Crippen LogP contribution >= 0.6 is 0 Å². The summed E-state index contributed by atoms with van der Waals surface area (Å²) < 4.78 is 34.4. The van der Waals surface area contributed by atoms with Gasteiger partial charge in [0.25, 0.3) is 0 Å². The zero-order valence-electron chi connectivity index (χ0n) is 7.17. The first kappa shape index (κ1) is 11.4. The highest BCUT2D eigenvalue weighted by molar-refractivity contribution is 5.04. The van der Waals surface area contributed by atoms with Crippen LogP contribution in [0, 0.1) is 11.8 Å². The van der Waals surface area contributed by atoms with Gasteiger partial charge < -0.3 is 0 Å². The molecule has 3 heteroatoms. The Balaban J connectivity index is 3.34. The van der Waals surface area contributed by atoms with E-state index < -0.39 is 6.18 Å². The molecule has 0 saturated heterocycles. The van der Waals surface area contributed by atoms with Crippen LogP contribution in [0.5, 0.6) is 0 Å². The average molecular weight is 178 g/mol. The van der Waals surface area contributed by atoms with Gasteiger partial charge in [-0.05, 0) is 6.42 Å². The lowest BCUT2D eigenvalue weighted by molar-refractivity contribution is -0.0697. The van der Waals surface area contributed by atoms with Crippen molar-refractivity contribution in [2.24, 2.45) is 0 Å². The van der Waals surface area contributed by atoms with E-state index in [1.165, 1.54) is 5.92 Å². The largest absolute Gasteiger partial charge is 0.457 e. The Morgan fingerprint density at radius 3 is 2.25 bits per heavy atom. The molecule has 0 unspecified atom stereocenters. The average Bonchev–Trinajstić information content (AvgIpc) is 1.94. The minimum atomic E-state index is -4.31. The highest BCUT2D eigenvalue weighted by Gasteiger charge is 2.22. The summed E-state index contributed by atoms with van der Waals surface area (Å²) in [6.07, 6.45) is -0.0371. The number of hydrogen-bond acceptors (Lipinski definition) is 0. The summed E-state index contributed by atoms with van der Waals surface area (Å²) in [5, 5.41) is 0. The molecule has 0 bridgehead atoms. The van der Waals surface area contributed by atoms with E-state index in [1.807, 2.05) is 0 Å². The zero-order valence-corrected chi connectivity index (χ0v) is 7.17. The van der Waals surface area contributed by atoms with E-state index >= 15 is 0 Å². The monoisotopic (exact) mass is 178 g/mol. The van der Waals surface area contributed by atoms with Crippen LogP contribution in [0.15, 0.2) is 0 Å². The van der Waals surface area contributed by atoms with Gasteiger partial charge >= 0.3 is 6.18 Å². The van der Waals surface area contributed by atoms with Crippen molar-refractivity contribution < 1.29 is 13.2 Å². The molecule has 0 radical (unpaired) electrons. The molecular weight excluding hydrogens is 165 g/mol. The molecule has 0 aliphatic carbocycles. The summed E-state index contributed by atoms with van der Waals surface area (Å²) in [4.78, 5) is 0. The van der Waals surface area contributed by atoms with Crippen LogP contribution in [0.2, 0.25) is 0 Å². The molecule has 0 N–H and O–H groups in total. The maximum atomic E-state index is 11.5. The van der Waals surface area contributed by atoms with Gasteiger partial charge in [-0.1, -0.05) is 32.1 Å². The number of alkyl halides is 3. The number of hydrogen-bond donors (Lipinski definition) is 0. The molecular formula is C9H13F3. The van der Waals surface area contributed by atoms with E-state index in [-0.39, 0.29) is 0 Å².